The fraction of sp³-hybridized carbons (Fsp3) is 0.333. The number of carboxylic acid groups (broad SMARTS) is 1. The number of thiocarbonyl (C=S) groups is 1. The maximum atomic E-state index is 10.6. The second-order valence-electron chi connectivity index (χ2n) is 4.04. The molecule has 0 atom stereocenters. The third-order valence-corrected chi connectivity index (χ3v) is 3.84. The Kier molecular flexibility index (Phi) is 4.19. The number of hydrogen-bond donors (Lipinski definition) is 1. The predicted octanol–water partition coefficient (Wildman–Crippen LogP) is 2.33. The Labute approximate surface area is 119 Å². The summed E-state index contributed by atoms with van der Waals surface area (Å²) >= 11 is 8.77. The van der Waals surface area contributed by atoms with Crippen molar-refractivity contribution >= 4 is 44.9 Å². The Morgan fingerprint density at radius 2 is 2.00 bits per heavy atom. The summed E-state index contributed by atoms with van der Waals surface area (Å²) in [6.45, 7) is 2.06. The summed E-state index contributed by atoms with van der Waals surface area (Å²) in [4.78, 5) is 14.5. The number of carbonyl (C=O) groups is 1. The van der Waals surface area contributed by atoms with Crippen LogP contribution in [0.5, 0.6) is 0 Å². The molecule has 1 fully saturated rings. The standard InChI is InChI=1S/C12H13BrN2O2S/c13-9-1-3-10(4-2-9)15-8-7-14(12(15)18)6-5-11(16)17/h1-4H,5-8H2,(H,16,17). The van der Waals surface area contributed by atoms with Crippen molar-refractivity contribution in [2.75, 3.05) is 24.5 Å². The summed E-state index contributed by atoms with van der Waals surface area (Å²) in [6.07, 6.45) is 0.119. The maximum absolute atomic E-state index is 10.6. The third-order valence-electron chi connectivity index (χ3n) is 2.83. The number of aliphatic carboxylic acids is 1. The van der Waals surface area contributed by atoms with Crippen LogP contribution in [0.2, 0.25) is 0 Å². The van der Waals surface area contributed by atoms with Crippen molar-refractivity contribution in [2.45, 2.75) is 6.42 Å². The van der Waals surface area contributed by atoms with Crippen LogP contribution in [0, 0.1) is 0 Å². The lowest BCUT2D eigenvalue weighted by molar-refractivity contribution is -0.137. The summed E-state index contributed by atoms with van der Waals surface area (Å²) in [7, 11) is 0. The van der Waals surface area contributed by atoms with Gasteiger partial charge in [-0.3, -0.25) is 4.79 Å². The minimum absolute atomic E-state index is 0.119. The van der Waals surface area contributed by atoms with Crippen molar-refractivity contribution < 1.29 is 9.90 Å². The second-order valence-corrected chi connectivity index (χ2v) is 5.32. The quantitative estimate of drug-likeness (QED) is 0.859. The summed E-state index contributed by atoms with van der Waals surface area (Å²) in [5, 5.41) is 9.39. The zero-order valence-corrected chi connectivity index (χ0v) is 12.1. The van der Waals surface area contributed by atoms with Crippen LogP contribution in [0.15, 0.2) is 28.7 Å². The summed E-state index contributed by atoms with van der Waals surface area (Å²) in [5.74, 6) is -0.792. The van der Waals surface area contributed by atoms with Crippen LogP contribution in [0.3, 0.4) is 0 Å². The molecule has 0 unspecified atom stereocenters. The lowest BCUT2D eigenvalue weighted by Gasteiger charge is -2.21. The van der Waals surface area contributed by atoms with Crippen molar-refractivity contribution in [3.63, 3.8) is 0 Å². The van der Waals surface area contributed by atoms with Crippen LogP contribution in [-0.2, 0) is 4.79 Å². The monoisotopic (exact) mass is 328 g/mol. The largest absolute Gasteiger partial charge is 0.481 e. The number of halogens is 1. The molecule has 1 N–H and O–H groups in total. The third kappa shape index (κ3) is 3.00. The molecule has 1 saturated heterocycles. The zero-order chi connectivity index (χ0) is 13.1. The molecular weight excluding hydrogens is 316 g/mol. The average Bonchev–Trinajstić information content (AvgIpc) is 2.69. The first-order valence-corrected chi connectivity index (χ1v) is 6.82. The molecule has 0 spiro atoms. The highest BCUT2D eigenvalue weighted by molar-refractivity contribution is 9.10. The highest BCUT2D eigenvalue weighted by Crippen LogP contribution is 2.22. The first kappa shape index (κ1) is 13.3. The molecule has 2 rings (SSSR count). The number of carboxylic acids is 1. The zero-order valence-electron chi connectivity index (χ0n) is 9.67. The van der Waals surface area contributed by atoms with Crippen LogP contribution in [-0.4, -0.2) is 40.7 Å². The molecule has 0 aromatic heterocycles. The lowest BCUT2D eigenvalue weighted by atomic mass is 10.3. The van der Waals surface area contributed by atoms with Gasteiger partial charge in [-0.25, -0.2) is 0 Å². The van der Waals surface area contributed by atoms with Crippen LogP contribution in [0.4, 0.5) is 5.69 Å². The molecule has 6 heteroatoms. The normalized spacial score (nSPS) is 15.3. The fourth-order valence-corrected chi connectivity index (χ4v) is 2.52. The van der Waals surface area contributed by atoms with Gasteiger partial charge in [-0.15, -0.1) is 0 Å². The van der Waals surface area contributed by atoms with E-state index in [1.54, 1.807) is 0 Å². The molecule has 0 amide bonds. The molecule has 1 heterocycles. The molecule has 4 nitrogen and oxygen atoms in total. The van der Waals surface area contributed by atoms with Gasteiger partial charge in [0.05, 0.1) is 6.42 Å². The van der Waals surface area contributed by atoms with Crippen molar-refractivity contribution in [3.05, 3.63) is 28.7 Å². The molecule has 1 aliphatic rings. The summed E-state index contributed by atoms with van der Waals surface area (Å²) < 4.78 is 1.03. The SMILES string of the molecule is O=C(O)CCN1CCN(c2ccc(Br)cc2)C1=S. The first-order chi connectivity index (χ1) is 8.58. The van der Waals surface area contributed by atoms with E-state index in [0.29, 0.717) is 11.7 Å². The smallest absolute Gasteiger partial charge is 0.305 e. The van der Waals surface area contributed by atoms with Crippen molar-refractivity contribution in [1.82, 2.24) is 4.90 Å². The molecule has 0 radical (unpaired) electrons. The molecule has 0 aliphatic carbocycles. The molecule has 96 valence electrons. The van der Waals surface area contributed by atoms with Gasteiger partial charge in [0.25, 0.3) is 0 Å². The minimum atomic E-state index is -0.792. The Hall–Kier alpha value is -1.14. The highest BCUT2D eigenvalue weighted by atomic mass is 79.9. The van der Waals surface area contributed by atoms with Gasteiger partial charge in [-0.05, 0) is 36.5 Å². The van der Waals surface area contributed by atoms with E-state index in [-0.39, 0.29) is 6.42 Å². The first-order valence-electron chi connectivity index (χ1n) is 5.62. The topological polar surface area (TPSA) is 43.8 Å². The van der Waals surface area contributed by atoms with E-state index in [1.807, 2.05) is 34.1 Å². The van der Waals surface area contributed by atoms with E-state index >= 15 is 0 Å². The summed E-state index contributed by atoms with van der Waals surface area (Å²) in [6, 6.07) is 7.93. The van der Waals surface area contributed by atoms with Crippen molar-refractivity contribution in [2.24, 2.45) is 0 Å². The van der Waals surface area contributed by atoms with E-state index < -0.39 is 5.97 Å². The van der Waals surface area contributed by atoms with Gasteiger partial charge < -0.3 is 14.9 Å². The summed E-state index contributed by atoms with van der Waals surface area (Å²) in [5.41, 5.74) is 1.04. The van der Waals surface area contributed by atoms with Gasteiger partial charge in [-0.2, -0.15) is 0 Å². The number of nitrogens with zero attached hydrogens (tertiary/aromatic N) is 2. The molecule has 1 aromatic carbocycles. The van der Waals surface area contributed by atoms with E-state index in [2.05, 4.69) is 15.9 Å². The van der Waals surface area contributed by atoms with Gasteiger partial charge >= 0.3 is 5.97 Å². The molecular formula is C12H13BrN2O2S. The van der Waals surface area contributed by atoms with Crippen molar-refractivity contribution in [3.8, 4) is 0 Å². The van der Waals surface area contributed by atoms with Crippen LogP contribution >= 0.6 is 28.1 Å². The lowest BCUT2D eigenvalue weighted by Crippen LogP contribution is -2.32. The Balaban J connectivity index is 2.02. The molecule has 18 heavy (non-hydrogen) atoms. The van der Waals surface area contributed by atoms with Gasteiger partial charge in [0.2, 0.25) is 0 Å². The Morgan fingerprint density at radius 3 is 2.61 bits per heavy atom. The van der Waals surface area contributed by atoms with Gasteiger partial charge in [0.1, 0.15) is 0 Å². The Bertz CT molecular complexity index is 464. The van der Waals surface area contributed by atoms with E-state index in [0.717, 1.165) is 23.2 Å². The molecule has 0 saturated carbocycles. The maximum Gasteiger partial charge on any atom is 0.305 e. The van der Waals surface area contributed by atoms with E-state index in [4.69, 9.17) is 17.3 Å². The second kappa shape index (κ2) is 5.67. The van der Waals surface area contributed by atoms with Gasteiger partial charge in [0.15, 0.2) is 5.11 Å². The van der Waals surface area contributed by atoms with Gasteiger partial charge in [-0.1, -0.05) is 15.9 Å². The molecule has 1 aliphatic heterocycles. The number of anilines is 1. The van der Waals surface area contributed by atoms with Crippen LogP contribution in [0.25, 0.3) is 0 Å². The van der Waals surface area contributed by atoms with Crippen molar-refractivity contribution in [1.29, 1.82) is 0 Å². The highest BCUT2D eigenvalue weighted by Gasteiger charge is 2.25. The number of benzene rings is 1. The predicted molar refractivity (Wildman–Crippen MR) is 77.9 cm³/mol. The minimum Gasteiger partial charge on any atom is -0.481 e. The average molecular weight is 329 g/mol. The number of rotatable bonds is 4. The van der Waals surface area contributed by atoms with E-state index in [9.17, 15) is 4.79 Å². The van der Waals surface area contributed by atoms with Crippen LogP contribution < -0.4 is 4.90 Å². The van der Waals surface area contributed by atoms with E-state index in [1.165, 1.54) is 0 Å². The fourth-order valence-electron chi connectivity index (χ4n) is 1.88. The molecule has 0 bridgehead atoms. The van der Waals surface area contributed by atoms with Gasteiger partial charge in [0, 0.05) is 29.8 Å². The van der Waals surface area contributed by atoms with Crippen LogP contribution in [0.1, 0.15) is 6.42 Å². The Morgan fingerprint density at radius 1 is 1.33 bits per heavy atom. The molecule has 1 aromatic rings. The number of hydrogen-bond acceptors (Lipinski definition) is 2.